The first kappa shape index (κ1) is 8.87. The number of rotatable bonds is 3. The van der Waals surface area contributed by atoms with E-state index in [1.165, 1.54) is 18.2 Å². The van der Waals surface area contributed by atoms with E-state index in [1.807, 2.05) is 0 Å². The van der Waals surface area contributed by atoms with Crippen molar-refractivity contribution in [2.24, 2.45) is 0 Å². The first-order chi connectivity index (χ1) is 6.72. The van der Waals surface area contributed by atoms with E-state index < -0.39 is 4.92 Å². The molecule has 1 aromatic rings. The number of hydrogen-bond donors (Lipinski definition) is 0. The fourth-order valence-corrected chi connectivity index (χ4v) is 1.53. The van der Waals surface area contributed by atoms with Crippen molar-refractivity contribution in [2.45, 2.75) is 18.8 Å². The first-order valence-corrected chi connectivity index (χ1v) is 4.46. The first-order valence-electron chi connectivity index (χ1n) is 4.46. The molecule has 1 aromatic carbocycles. The lowest BCUT2D eigenvalue weighted by Gasteiger charge is -2.01. The molecule has 0 spiro atoms. The second kappa shape index (κ2) is 3.21. The van der Waals surface area contributed by atoms with Gasteiger partial charge in [0, 0.05) is 17.7 Å². The predicted molar refractivity (Wildman–Crippen MR) is 50.5 cm³/mol. The summed E-state index contributed by atoms with van der Waals surface area (Å²) in [4.78, 5) is 20.8. The second-order valence-electron chi connectivity index (χ2n) is 3.46. The van der Waals surface area contributed by atoms with Gasteiger partial charge in [-0.05, 0) is 30.4 Å². The van der Waals surface area contributed by atoms with Gasteiger partial charge in [-0.3, -0.25) is 14.9 Å². The minimum Gasteiger partial charge on any atom is -0.298 e. The lowest BCUT2D eigenvalue weighted by atomic mass is 10.0. The molecule has 0 bridgehead atoms. The molecule has 0 unspecified atom stereocenters. The van der Waals surface area contributed by atoms with Gasteiger partial charge < -0.3 is 0 Å². The smallest absolute Gasteiger partial charge is 0.269 e. The van der Waals surface area contributed by atoms with Gasteiger partial charge in [-0.25, -0.2) is 0 Å². The highest BCUT2D eigenvalue weighted by Crippen LogP contribution is 2.42. The van der Waals surface area contributed by atoms with E-state index in [1.54, 1.807) is 0 Å². The molecule has 0 aromatic heterocycles. The molecule has 0 aliphatic heterocycles. The molecule has 4 heteroatoms. The van der Waals surface area contributed by atoms with E-state index in [0.717, 1.165) is 24.7 Å². The molecule has 0 amide bonds. The number of benzene rings is 1. The summed E-state index contributed by atoms with van der Waals surface area (Å²) in [6.45, 7) is 0. The maximum Gasteiger partial charge on any atom is 0.269 e. The summed E-state index contributed by atoms with van der Waals surface area (Å²) in [5.41, 5.74) is 1.48. The minimum atomic E-state index is -0.430. The van der Waals surface area contributed by atoms with Crippen LogP contribution >= 0.6 is 0 Å². The van der Waals surface area contributed by atoms with E-state index in [2.05, 4.69) is 0 Å². The number of non-ortho nitro benzene ring substituents is 1. The second-order valence-corrected chi connectivity index (χ2v) is 3.46. The number of carbonyl (C=O) groups excluding carboxylic acids is 1. The third-order valence-corrected chi connectivity index (χ3v) is 2.43. The highest BCUT2D eigenvalue weighted by atomic mass is 16.6. The van der Waals surface area contributed by atoms with Crippen molar-refractivity contribution in [1.29, 1.82) is 0 Å². The van der Waals surface area contributed by atoms with Crippen LogP contribution in [0, 0.1) is 10.1 Å². The van der Waals surface area contributed by atoms with E-state index in [4.69, 9.17) is 0 Å². The zero-order valence-corrected chi connectivity index (χ0v) is 7.47. The summed E-state index contributed by atoms with van der Waals surface area (Å²) in [6, 6.07) is 4.41. The number of nitrogens with zero attached hydrogens (tertiary/aromatic N) is 1. The van der Waals surface area contributed by atoms with Crippen LogP contribution in [0.25, 0.3) is 0 Å². The van der Waals surface area contributed by atoms with Crippen LogP contribution in [0.2, 0.25) is 0 Å². The highest BCUT2D eigenvalue weighted by Gasteiger charge is 2.27. The minimum absolute atomic E-state index is 0.0671. The summed E-state index contributed by atoms with van der Waals surface area (Å²) in [5.74, 6) is 0.357. The van der Waals surface area contributed by atoms with Crippen molar-refractivity contribution in [3.8, 4) is 0 Å². The molecule has 1 fully saturated rings. The summed E-state index contributed by atoms with van der Waals surface area (Å²) in [7, 11) is 0. The monoisotopic (exact) mass is 191 g/mol. The van der Waals surface area contributed by atoms with E-state index in [9.17, 15) is 14.9 Å². The van der Waals surface area contributed by atoms with Crippen LogP contribution in [0.4, 0.5) is 5.69 Å². The van der Waals surface area contributed by atoms with Crippen molar-refractivity contribution < 1.29 is 9.72 Å². The maximum absolute atomic E-state index is 10.7. The van der Waals surface area contributed by atoms with Crippen molar-refractivity contribution >= 4 is 12.0 Å². The summed E-state index contributed by atoms with van der Waals surface area (Å²) < 4.78 is 0. The van der Waals surface area contributed by atoms with Gasteiger partial charge in [0.15, 0.2) is 0 Å². The van der Waals surface area contributed by atoms with E-state index >= 15 is 0 Å². The summed E-state index contributed by atoms with van der Waals surface area (Å²) >= 11 is 0. The Labute approximate surface area is 80.7 Å². The Bertz CT molecular complexity index is 396. The molecule has 0 N–H and O–H groups in total. The quantitative estimate of drug-likeness (QED) is 0.418. The van der Waals surface area contributed by atoms with Gasteiger partial charge in [-0.2, -0.15) is 0 Å². The van der Waals surface area contributed by atoms with Crippen molar-refractivity contribution in [1.82, 2.24) is 0 Å². The third-order valence-electron chi connectivity index (χ3n) is 2.43. The van der Waals surface area contributed by atoms with Gasteiger partial charge in [0.2, 0.25) is 0 Å². The van der Waals surface area contributed by atoms with E-state index in [-0.39, 0.29) is 5.69 Å². The molecule has 1 aliphatic rings. The maximum atomic E-state index is 10.7. The molecule has 0 heterocycles. The number of carbonyl (C=O) groups is 1. The molecule has 2 rings (SSSR count). The molecule has 14 heavy (non-hydrogen) atoms. The number of nitro benzene ring substituents is 1. The van der Waals surface area contributed by atoms with Gasteiger partial charge in [0.05, 0.1) is 4.92 Å². The SMILES string of the molecule is O=Cc1ccc([N+](=O)[O-])cc1C1CC1. The molecule has 0 radical (unpaired) electrons. The molecular weight excluding hydrogens is 182 g/mol. The highest BCUT2D eigenvalue weighted by molar-refractivity contribution is 5.78. The Morgan fingerprint density at radius 3 is 2.64 bits per heavy atom. The van der Waals surface area contributed by atoms with Crippen LogP contribution in [0.5, 0.6) is 0 Å². The van der Waals surface area contributed by atoms with Crippen LogP contribution < -0.4 is 0 Å². The van der Waals surface area contributed by atoms with Crippen LogP contribution in [-0.2, 0) is 0 Å². The van der Waals surface area contributed by atoms with Gasteiger partial charge >= 0.3 is 0 Å². The average molecular weight is 191 g/mol. The normalized spacial score (nSPS) is 15.1. The average Bonchev–Trinajstić information content (AvgIpc) is 3.00. The van der Waals surface area contributed by atoms with Crippen LogP contribution in [0.3, 0.4) is 0 Å². The number of aldehydes is 1. The Morgan fingerprint density at radius 2 is 2.14 bits per heavy atom. The van der Waals surface area contributed by atoms with Crippen molar-refractivity contribution in [2.75, 3.05) is 0 Å². The van der Waals surface area contributed by atoms with Gasteiger partial charge in [-0.1, -0.05) is 0 Å². The van der Waals surface area contributed by atoms with Gasteiger partial charge in [0.1, 0.15) is 6.29 Å². The molecule has 0 saturated heterocycles. The molecule has 1 saturated carbocycles. The Morgan fingerprint density at radius 1 is 1.43 bits per heavy atom. The zero-order chi connectivity index (χ0) is 10.1. The van der Waals surface area contributed by atoms with Crippen LogP contribution in [0.1, 0.15) is 34.7 Å². The molecular formula is C10H9NO3. The zero-order valence-electron chi connectivity index (χ0n) is 7.47. The molecule has 4 nitrogen and oxygen atoms in total. The fourth-order valence-electron chi connectivity index (χ4n) is 1.53. The molecule has 1 aliphatic carbocycles. The Kier molecular flexibility index (Phi) is 2.04. The Hall–Kier alpha value is -1.71. The van der Waals surface area contributed by atoms with Crippen molar-refractivity contribution in [3.05, 3.63) is 39.4 Å². The number of nitro groups is 1. The topological polar surface area (TPSA) is 60.2 Å². The largest absolute Gasteiger partial charge is 0.298 e. The van der Waals surface area contributed by atoms with Gasteiger partial charge in [-0.15, -0.1) is 0 Å². The molecule has 72 valence electrons. The summed E-state index contributed by atoms with van der Waals surface area (Å²) in [6.07, 6.45) is 2.82. The lowest BCUT2D eigenvalue weighted by molar-refractivity contribution is -0.384. The molecule has 0 atom stereocenters. The van der Waals surface area contributed by atoms with Crippen molar-refractivity contribution in [3.63, 3.8) is 0 Å². The number of hydrogen-bond acceptors (Lipinski definition) is 3. The standard InChI is InChI=1S/C10H9NO3/c12-6-8-3-4-9(11(13)14)5-10(8)7-1-2-7/h3-7H,1-2H2. The summed E-state index contributed by atoms with van der Waals surface area (Å²) in [5, 5.41) is 10.5. The lowest BCUT2D eigenvalue weighted by Crippen LogP contribution is -1.94. The third kappa shape index (κ3) is 1.51. The Balaban J connectivity index is 2.46. The predicted octanol–water partition coefficient (Wildman–Crippen LogP) is 2.28. The van der Waals surface area contributed by atoms with E-state index in [0.29, 0.717) is 11.5 Å². The van der Waals surface area contributed by atoms with Gasteiger partial charge in [0.25, 0.3) is 5.69 Å². The van der Waals surface area contributed by atoms with Crippen LogP contribution in [0.15, 0.2) is 18.2 Å². The van der Waals surface area contributed by atoms with Crippen LogP contribution in [-0.4, -0.2) is 11.2 Å². The fraction of sp³-hybridized carbons (Fsp3) is 0.300.